The van der Waals surface area contributed by atoms with E-state index in [1.165, 1.54) is 6.07 Å². The van der Waals surface area contributed by atoms with Gasteiger partial charge in [0.25, 0.3) is 0 Å². The van der Waals surface area contributed by atoms with Crippen molar-refractivity contribution in [3.63, 3.8) is 0 Å². The molecule has 0 aromatic heterocycles. The Morgan fingerprint density at radius 3 is 2.64 bits per heavy atom. The summed E-state index contributed by atoms with van der Waals surface area (Å²) in [6.07, 6.45) is 0. The van der Waals surface area contributed by atoms with Gasteiger partial charge in [0.1, 0.15) is 17.9 Å². The lowest BCUT2D eigenvalue weighted by Gasteiger charge is -2.11. The van der Waals surface area contributed by atoms with Gasteiger partial charge < -0.3 is 15.6 Å². The third-order valence-corrected chi connectivity index (χ3v) is 3.50. The van der Waals surface area contributed by atoms with E-state index in [9.17, 15) is 9.90 Å². The average Bonchev–Trinajstić information content (AvgIpc) is 2.53. The number of benzene rings is 3. The van der Waals surface area contributed by atoms with Crippen LogP contribution in [0.1, 0.15) is 15.9 Å². The van der Waals surface area contributed by atoms with Crippen molar-refractivity contribution in [3.8, 4) is 5.75 Å². The van der Waals surface area contributed by atoms with Crippen molar-refractivity contribution >= 4 is 22.4 Å². The van der Waals surface area contributed by atoms with Gasteiger partial charge in [-0.25, -0.2) is 4.79 Å². The van der Waals surface area contributed by atoms with Gasteiger partial charge in [0.2, 0.25) is 0 Å². The second kappa shape index (κ2) is 5.77. The van der Waals surface area contributed by atoms with Crippen LogP contribution in [0.25, 0.3) is 10.8 Å². The quantitative estimate of drug-likeness (QED) is 0.719. The lowest BCUT2D eigenvalue weighted by molar-refractivity contribution is 0.0692. The summed E-state index contributed by atoms with van der Waals surface area (Å²) < 4.78 is 5.71. The van der Waals surface area contributed by atoms with Crippen molar-refractivity contribution in [1.82, 2.24) is 0 Å². The molecule has 3 rings (SSSR count). The van der Waals surface area contributed by atoms with Gasteiger partial charge in [-0.15, -0.1) is 0 Å². The molecule has 0 amide bonds. The van der Waals surface area contributed by atoms with Crippen LogP contribution in [-0.2, 0) is 6.61 Å². The van der Waals surface area contributed by atoms with Crippen LogP contribution in [0, 0.1) is 0 Å². The van der Waals surface area contributed by atoms with Gasteiger partial charge in [-0.05, 0) is 34.5 Å². The summed E-state index contributed by atoms with van der Waals surface area (Å²) in [4.78, 5) is 11.3. The van der Waals surface area contributed by atoms with E-state index in [1.54, 1.807) is 12.1 Å². The Morgan fingerprint density at radius 2 is 1.82 bits per heavy atom. The molecule has 0 aliphatic rings. The summed E-state index contributed by atoms with van der Waals surface area (Å²) in [5.74, 6) is -0.741. The highest BCUT2D eigenvalue weighted by Crippen LogP contribution is 2.24. The first kappa shape index (κ1) is 13.9. The molecular weight excluding hydrogens is 278 g/mol. The maximum absolute atomic E-state index is 11.3. The summed E-state index contributed by atoms with van der Waals surface area (Å²) >= 11 is 0. The summed E-state index contributed by atoms with van der Waals surface area (Å²) in [5.41, 5.74) is 7.10. The zero-order valence-corrected chi connectivity index (χ0v) is 11.8. The van der Waals surface area contributed by atoms with Crippen LogP contribution in [-0.4, -0.2) is 11.1 Å². The third-order valence-electron chi connectivity index (χ3n) is 3.50. The lowest BCUT2D eigenvalue weighted by Crippen LogP contribution is -2.04. The smallest absolute Gasteiger partial charge is 0.339 e. The van der Waals surface area contributed by atoms with Crippen molar-refractivity contribution in [1.29, 1.82) is 0 Å². The molecule has 4 heteroatoms. The van der Waals surface area contributed by atoms with E-state index in [0.717, 1.165) is 16.3 Å². The van der Waals surface area contributed by atoms with Crippen molar-refractivity contribution in [2.45, 2.75) is 6.61 Å². The predicted molar refractivity (Wildman–Crippen MR) is 86.1 cm³/mol. The van der Waals surface area contributed by atoms with E-state index in [0.29, 0.717) is 18.0 Å². The monoisotopic (exact) mass is 293 g/mol. The van der Waals surface area contributed by atoms with Gasteiger partial charge in [0.05, 0.1) is 0 Å². The van der Waals surface area contributed by atoms with Crippen molar-refractivity contribution in [2.24, 2.45) is 0 Å². The molecule has 0 aliphatic heterocycles. The number of aromatic carboxylic acids is 1. The first-order chi connectivity index (χ1) is 10.6. The third kappa shape index (κ3) is 2.72. The molecule has 0 atom stereocenters. The SMILES string of the molecule is Nc1ccc(OCc2cccc3ccccc23)c(C(=O)O)c1. The maximum atomic E-state index is 11.3. The highest BCUT2D eigenvalue weighted by atomic mass is 16.5. The van der Waals surface area contributed by atoms with Crippen LogP contribution in [0.2, 0.25) is 0 Å². The van der Waals surface area contributed by atoms with Crippen LogP contribution in [0.3, 0.4) is 0 Å². The molecule has 0 heterocycles. The van der Waals surface area contributed by atoms with Gasteiger partial charge in [0.15, 0.2) is 0 Å². The fourth-order valence-electron chi connectivity index (χ4n) is 2.41. The molecule has 3 aromatic rings. The van der Waals surface area contributed by atoms with Crippen LogP contribution >= 0.6 is 0 Å². The molecule has 4 nitrogen and oxygen atoms in total. The van der Waals surface area contributed by atoms with Gasteiger partial charge in [-0.1, -0.05) is 42.5 Å². The van der Waals surface area contributed by atoms with E-state index < -0.39 is 5.97 Å². The normalized spacial score (nSPS) is 10.5. The zero-order chi connectivity index (χ0) is 15.5. The van der Waals surface area contributed by atoms with E-state index >= 15 is 0 Å². The Balaban J connectivity index is 1.90. The number of hydrogen-bond donors (Lipinski definition) is 2. The molecule has 0 saturated heterocycles. The standard InChI is InChI=1S/C18H15NO3/c19-14-8-9-17(16(10-14)18(20)21)22-11-13-6-3-5-12-4-1-2-7-15(12)13/h1-10H,11,19H2,(H,20,21). The van der Waals surface area contributed by atoms with Gasteiger partial charge >= 0.3 is 5.97 Å². The average molecular weight is 293 g/mol. The van der Waals surface area contributed by atoms with Gasteiger partial charge in [-0.3, -0.25) is 0 Å². The zero-order valence-electron chi connectivity index (χ0n) is 11.8. The minimum atomic E-state index is -1.06. The molecule has 0 saturated carbocycles. The van der Waals surface area contributed by atoms with Crippen LogP contribution in [0.15, 0.2) is 60.7 Å². The Hall–Kier alpha value is -3.01. The highest BCUT2D eigenvalue weighted by molar-refractivity contribution is 5.92. The first-order valence-corrected chi connectivity index (χ1v) is 6.87. The molecule has 22 heavy (non-hydrogen) atoms. The van der Waals surface area contributed by atoms with E-state index in [1.807, 2.05) is 42.5 Å². The topological polar surface area (TPSA) is 72.5 Å². The highest BCUT2D eigenvalue weighted by Gasteiger charge is 2.12. The number of rotatable bonds is 4. The van der Waals surface area contributed by atoms with E-state index in [4.69, 9.17) is 10.5 Å². The fraction of sp³-hybridized carbons (Fsp3) is 0.0556. The number of hydrogen-bond acceptors (Lipinski definition) is 3. The summed E-state index contributed by atoms with van der Waals surface area (Å²) in [5, 5.41) is 11.4. The minimum Gasteiger partial charge on any atom is -0.488 e. The molecule has 0 spiro atoms. The molecule has 0 unspecified atom stereocenters. The number of carboxylic acids is 1. The Kier molecular flexibility index (Phi) is 3.66. The molecule has 0 fully saturated rings. The van der Waals surface area contributed by atoms with Crippen molar-refractivity contribution in [2.75, 3.05) is 5.73 Å². The molecule has 0 aliphatic carbocycles. The van der Waals surface area contributed by atoms with Crippen LogP contribution in [0.5, 0.6) is 5.75 Å². The Bertz CT molecular complexity index is 837. The number of nitrogen functional groups attached to an aromatic ring is 1. The molecule has 0 radical (unpaired) electrons. The molecule has 3 aromatic carbocycles. The van der Waals surface area contributed by atoms with Crippen LogP contribution < -0.4 is 10.5 Å². The number of nitrogens with two attached hydrogens (primary N) is 1. The van der Waals surface area contributed by atoms with Crippen LogP contribution in [0.4, 0.5) is 5.69 Å². The maximum Gasteiger partial charge on any atom is 0.339 e. The van der Waals surface area contributed by atoms with E-state index in [2.05, 4.69) is 0 Å². The molecule has 0 bridgehead atoms. The van der Waals surface area contributed by atoms with Gasteiger partial charge in [-0.2, -0.15) is 0 Å². The summed E-state index contributed by atoms with van der Waals surface area (Å²) in [6.45, 7) is 0.297. The largest absolute Gasteiger partial charge is 0.488 e. The number of carbonyl (C=O) groups is 1. The number of carboxylic acid groups (broad SMARTS) is 1. The molecule has 110 valence electrons. The number of anilines is 1. The predicted octanol–water partition coefficient (Wildman–Crippen LogP) is 3.70. The lowest BCUT2D eigenvalue weighted by atomic mass is 10.1. The Morgan fingerprint density at radius 1 is 1.05 bits per heavy atom. The number of ether oxygens (including phenoxy) is 1. The second-order valence-electron chi connectivity index (χ2n) is 4.99. The van der Waals surface area contributed by atoms with Crippen molar-refractivity contribution in [3.05, 3.63) is 71.8 Å². The fourth-order valence-corrected chi connectivity index (χ4v) is 2.41. The Labute approximate surface area is 127 Å². The molecule has 3 N–H and O–H groups in total. The van der Waals surface area contributed by atoms with Crippen molar-refractivity contribution < 1.29 is 14.6 Å². The van der Waals surface area contributed by atoms with E-state index in [-0.39, 0.29) is 5.56 Å². The first-order valence-electron chi connectivity index (χ1n) is 6.87. The number of fused-ring (bicyclic) bond motifs is 1. The minimum absolute atomic E-state index is 0.0697. The second-order valence-corrected chi connectivity index (χ2v) is 4.99. The molecular formula is C18H15NO3. The summed E-state index contributed by atoms with van der Waals surface area (Å²) in [6, 6.07) is 18.6. The summed E-state index contributed by atoms with van der Waals surface area (Å²) in [7, 11) is 0. The van der Waals surface area contributed by atoms with Gasteiger partial charge in [0, 0.05) is 5.69 Å².